The summed E-state index contributed by atoms with van der Waals surface area (Å²) in [4.78, 5) is 0. The summed E-state index contributed by atoms with van der Waals surface area (Å²) in [5.74, 6) is 1.60. The standard InChI is InChI=1S/C11H13N3O2/c1-14-7-9(12-13-14)8-16-11-5-3-10(15-2)4-6-11/h3-7H,8H2,1-2H3. The number of aromatic nitrogens is 3. The van der Waals surface area contributed by atoms with Gasteiger partial charge in [0.1, 0.15) is 23.8 Å². The van der Waals surface area contributed by atoms with E-state index in [1.165, 1.54) is 0 Å². The van der Waals surface area contributed by atoms with E-state index in [2.05, 4.69) is 10.3 Å². The summed E-state index contributed by atoms with van der Waals surface area (Å²) < 4.78 is 12.2. The maximum atomic E-state index is 5.53. The fraction of sp³-hybridized carbons (Fsp3) is 0.273. The van der Waals surface area contributed by atoms with Gasteiger partial charge in [-0.25, -0.2) is 0 Å². The molecule has 2 rings (SSSR count). The van der Waals surface area contributed by atoms with Crippen LogP contribution in [0, 0.1) is 0 Å². The highest BCUT2D eigenvalue weighted by atomic mass is 16.5. The summed E-state index contributed by atoms with van der Waals surface area (Å²) in [7, 11) is 3.46. The monoisotopic (exact) mass is 219 g/mol. The van der Waals surface area contributed by atoms with Crippen molar-refractivity contribution in [2.24, 2.45) is 7.05 Å². The second-order valence-corrected chi connectivity index (χ2v) is 3.35. The highest BCUT2D eigenvalue weighted by Gasteiger charge is 2.00. The molecule has 0 aliphatic carbocycles. The average Bonchev–Trinajstić information content (AvgIpc) is 2.73. The quantitative estimate of drug-likeness (QED) is 0.780. The Kier molecular flexibility index (Phi) is 3.05. The van der Waals surface area contributed by atoms with Crippen LogP contribution in [-0.2, 0) is 13.7 Å². The number of benzene rings is 1. The van der Waals surface area contributed by atoms with Crippen LogP contribution in [0.3, 0.4) is 0 Å². The molecule has 0 radical (unpaired) electrons. The van der Waals surface area contributed by atoms with Crippen LogP contribution in [0.1, 0.15) is 5.69 Å². The molecule has 1 heterocycles. The van der Waals surface area contributed by atoms with Crippen molar-refractivity contribution in [2.75, 3.05) is 7.11 Å². The summed E-state index contributed by atoms with van der Waals surface area (Å²) in [6.07, 6.45) is 1.82. The highest BCUT2D eigenvalue weighted by molar-refractivity contribution is 5.31. The van der Waals surface area contributed by atoms with Gasteiger partial charge >= 0.3 is 0 Å². The summed E-state index contributed by atoms with van der Waals surface area (Å²) in [6, 6.07) is 7.42. The molecule has 0 aliphatic heterocycles. The summed E-state index contributed by atoms with van der Waals surface area (Å²) in [5.41, 5.74) is 0.804. The van der Waals surface area contributed by atoms with Gasteiger partial charge in [0.2, 0.25) is 0 Å². The van der Waals surface area contributed by atoms with Crippen LogP contribution in [-0.4, -0.2) is 22.1 Å². The molecule has 1 aromatic heterocycles. The Morgan fingerprint density at radius 3 is 2.44 bits per heavy atom. The zero-order chi connectivity index (χ0) is 11.4. The first-order chi connectivity index (χ1) is 7.78. The summed E-state index contributed by atoms with van der Waals surface area (Å²) in [5, 5.41) is 7.75. The molecule has 5 heteroatoms. The van der Waals surface area contributed by atoms with Gasteiger partial charge in [-0.3, -0.25) is 4.68 Å². The van der Waals surface area contributed by atoms with Gasteiger partial charge < -0.3 is 9.47 Å². The molecule has 0 spiro atoms. The Hall–Kier alpha value is -2.04. The Labute approximate surface area is 93.6 Å². The minimum atomic E-state index is 0.417. The van der Waals surface area contributed by atoms with Crippen molar-refractivity contribution >= 4 is 0 Å². The van der Waals surface area contributed by atoms with E-state index < -0.39 is 0 Å². The fourth-order valence-electron chi connectivity index (χ4n) is 1.29. The third-order valence-corrected chi connectivity index (χ3v) is 2.10. The first kappa shape index (κ1) is 10.5. The molecular weight excluding hydrogens is 206 g/mol. The van der Waals surface area contributed by atoms with Crippen molar-refractivity contribution in [3.63, 3.8) is 0 Å². The van der Waals surface area contributed by atoms with Crippen molar-refractivity contribution in [2.45, 2.75) is 6.61 Å². The van der Waals surface area contributed by atoms with Crippen molar-refractivity contribution in [3.8, 4) is 11.5 Å². The number of rotatable bonds is 4. The van der Waals surface area contributed by atoms with Crippen molar-refractivity contribution in [3.05, 3.63) is 36.2 Å². The predicted octanol–water partition coefficient (Wildman–Crippen LogP) is 1.40. The van der Waals surface area contributed by atoms with E-state index in [0.29, 0.717) is 6.61 Å². The first-order valence-electron chi connectivity index (χ1n) is 4.90. The van der Waals surface area contributed by atoms with E-state index in [4.69, 9.17) is 9.47 Å². The summed E-state index contributed by atoms with van der Waals surface area (Å²) in [6.45, 7) is 0.417. The average molecular weight is 219 g/mol. The normalized spacial score (nSPS) is 10.1. The minimum Gasteiger partial charge on any atom is -0.497 e. The molecule has 0 fully saturated rings. The lowest BCUT2D eigenvalue weighted by Gasteiger charge is -2.04. The number of ether oxygens (including phenoxy) is 2. The van der Waals surface area contributed by atoms with Gasteiger partial charge in [0, 0.05) is 7.05 Å². The largest absolute Gasteiger partial charge is 0.497 e. The maximum Gasteiger partial charge on any atom is 0.134 e. The third-order valence-electron chi connectivity index (χ3n) is 2.10. The zero-order valence-electron chi connectivity index (χ0n) is 9.25. The molecule has 16 heavy (non-hydrogen) atoms. The van der Waals surface area contributed by atoms with E-state index in [1.54, 1.807) is 11.8 Å². The van der Waals surface area contributed by atoms with Gasteiger partial charge in [-0.15, -0.1) is 5.10 Å². The van der Waals surface area contributed by atoms with Crippen LogP contribution in [0.25, 0.3) is 0 Å². The SMILES string of the molecule is COc1ccc(OCc2cn(C)nn2)cc1. The number of hydrogen-bond acceptors (Lipinski definition) is 4. The van der Waals surface area contributed by atoms with Crippen LogP contribution in [0.15, 0.2) is 30.5 Å². The van der Waals surface area contributed by atoms with E-state index in [1.807, 2.05) is 37.5 Å². The van der Waals surface area contributed by atoms with Gasteiger partial charge in [-0.2, -0.15) is 0 Å². The van der Waals surface area contributed by atoms with Crippen molar-refractivity contribution in [1.29, 1.82) is 0 Å². The maximum absolute atomic E-state index is 5.53. The van der Waals surface area contributed by atoms with Gasteiger partial charge in [0.15, 0.2) is 0 Å². The molecule has 2 aromatic rings. The molecule has 1 aromatic carbocycles. The van der Waals surface area contributed by atoms with Crippen molar-refractivity contribution < 1.29 is 9.47 Å². The minimum absolute atomic E-state index is 0.417. The number of aryl methyl sites for hydroxylation is 1. The second kappa shape index (κ2) is 4.65. The van der Waals surface area contributed by atoms with Crippen molar-refractivity contribution in [1.82, 2.24) is 15.0 Å². The van der Waals surface area contributed by atoms with Crippen LogP contribution < -0.4 is 9.47 Å². The van der Waals surface area contributed by atoms with Crippen LogP contribution in [0.5, 0.6) is 11.5 Å². The third kappa shape index (κ3) is 2.50. The Balaban J connectivity index is 1.94. The lowest BCUT2D eigenvalue weighted by molar-refractivity contribution is 0.300. The molecule has 0 bridgehead atoms. The van der Waals surface area contributed by atoms with E-state index in [-0.39, 0.29) is 0 Å². The predicted molar refractivity (Wildman–Crippen MR) is 58.3 cm³/mol. The fourth-order valence-corrected chi connectivity index (χ4v) is 1.29. The molecule has 0 amide bonds. The van der Waals surface area contributed by atoms with Crippen LogP contribution in [0.2, 0.25) is 0 Å². The molecular formula is C11H13N3O2. The van der Waals surface area contributed by atoms with Crippen LogP contribution >= 0.6 is 0 Å². The van der Waals surface area contributed by atoms with E-state index in [0.717, 1.165) is 17.2 Å². The number of hydrogen-bond donors (Lipinski definition) is 0. The lowest BCUT2D eigenvalue weighted by Crippen LogP contribution is -1.95. The molecule has 0 N–H and O–H groups in total. The molecule has 84 valence electrons. The molecule has 0 saturated heterocycles. The Morgan fingerprint density at radius 1 is 1.19 bits per heavy atom. The van der Waals surface area contributed by atoms with Crippen LogP contribution in [0.4, 0.5) is 0 Å². The summed E-state index contributed by atoms with van der Waals surface area (Å²) >= 11 is 0. The molecule has 5 nitrogen and oxygen atoms in total. The number of methoxy groups -OCH3 is 1. The molecule has 0 saturated carbocycles. The highest BCUT2D eigenvalue weighted by Crippen LogP contribution is 2.17. The Morgan fingerprint density at radius 2 is 1.88 bits per heavy atom. The molecule has 0 unspecified atom stereocenters. The topological polar surface area (TPSA) is 49.2 Å². The van der Waals surface area contributed by atoms with Gasteiger partial charge in [0.05, 0.1) is 13.3 Å². The van der Waals surface area contributed by atoms with E-state index in [9.17, 15) is 0 Å². The zero-order valence-corrected chi connectivity index (χ0v) is 9.25. The molecule has 0 aliphatic rings. The van der Waals surface area contributed by atoms with Gasteiger partial charge in [-0.1, -0.05) is 5.21 Å². The van der Waals surface area contributed by atoms with Gasteiger partial charge in [0.25, 0.3) is 0 Å². The lowest BCUT2D eigenvalue weighted by atomic mass is 10.3. The van der Waals surface area contributed by atoms with Gasteiger partial charge in [-0.05, 0) is 24.3 Å². The number of nitrogens with zero attached hydrogens (tertiary/aromatic N) is 3. The molecule has 0 atom stereocenters. The first-order valence-corrected chi connectivity index (χ1v) is 4.90. The second-order valence-electron chi connectivity index (χ2n) is 3.35. The Bertz CT molecular complexity index is 451. The smallest absolute Gasteiger partial charge is 0.134 e. The van der Waals surface area contributed by atoms with E-state index >= 15 is 0 Å².